The highest BCUT2D eigenvalue weighted by Crippen LogP contribution is 2.32. The largest absolute Gasteiger partial charge is 0.314 e. The number of non-ortho nitro benzene ring substituents is 1. The molecule has 1 fully saturated rings. The quantitative estimate of drug-likeness (QED) is 0.664. The Morgan fingerprint density at radius 2 is 2.10 bits per heavy atom. The van der Waals surface area contributed by atoms with Crippen molar-refractivity contribution in [3.63, 3.8) is 0 Å². The molecule has 1 aliphatic rings. The Kier molecular flexibility index (Phi) is 5.09. The predicted octanol–water partition coefficient (Wildman–Crippen LogP) is 2.59. The van der Waals surface area contributed by atoms with Crippen LogP contribution in [0.2, 0.25) is 0 Å². The minimum absolute atomic E-state index is 0.186. The van der Waals surface area contributed by atoms with Gasteiger partial charge in [0.15, 0.2) is 0 Å². The molecule has 2 rings (SSSR count). The van der Waals surface area contributed by atoms with Crippen LogP contribution in [0.3, 0.4) is 0 Å². The second-order valence-electron chi connectivity index (χ2n) is 5.47. The lowest BCUT2D eigenvalue weighted by Crippen LogP contribution is -2.46. The van der Waals surface area contributed by atoms with Gasteiger partial charge in [-0.3, -0.25) is 15.0 Å². The van der Waals surface area contributed by atoms with E-state index in [2.05, 4.69) is 24.1 Å². The molecule has 2 atom stereocenters. The van der Waals surface area contributed by atoms with Crippen molar-refractivity contribution in [2.45, 2.75) is 26.3 Å². The summed E-state index contributed by atoms with van der Waals surface area (Å²) in [6.45, 7) is 8.38. The smallest absolute Gasteiger partial charge is 0.269 e. The van der Waals surface area contributed by atoms with E-state index in [1.807, 2.05) is 6.07 Å². The maximum Gasteiger partial charge on any atom is 0.269 e. The number of nitro benzene ring substituents is 1. The summed E-state index contributed by atoms with van der Waals surface area (Å²) in [5.41, 5.74) is 1.25. The van der Waals surface area contributed by atoms with Crippen molar-refractivity contribution in [3.8, 4) is 0 Å². The van der Waals surface area contributed by atoms with Gasteiger partial charge < -0.3 is 5.32 Å². The fourth-order valence-corrected chi connectivity index (χ4v) is 2.91. The molecule has 110 valence electrons. The van der Waals surface area contributed by atoms with Crippen molar-refractivity contribution in [1.29, 1.82) is 0 Å². The third-order valence-corrected chi connectivity index (χ3v) is 4.15. The minimum atomic E-state index is -0.311. The van der Waals surface area contributed by atoms with E-state index >= 15 is 0 Å². The van der Waals surface area contributed by atoms with E-state index in [1.165, 1.54) is 0 Å². The highest BCUT2D eigenvalue weighted by atomic mass is 16.6. The van der Waals surface area contributed by atoms with Crippen LogP contribution in [0.25, 0.3) is 0 Å². The highest BCUT2D eigenvalue weighted by Gasteiger charge is 2.27. The van der Waals surface area contributed by atoms with E-state index in [0.29, 0.717) is 5.92 Å². The molecular weight excluding hydrogens is 254 g/mol. The van der Waals surface area contributed by atoms with Gasteiger partial charge in [-0.05, 0) is 11.5 Å². The minimum Gasteiger partial charge on any atom is -0.314 e. The van der Waals surface area contributed by atoms with Crippen LogP contribution in [0, 0.1) is 16.0 Å². The Labute approximate surface area is 120 Å². The van der Waals surface area contributed by atoms with Gasteiger partial charge in [0.2, 0.25) is 0 Å². The maximum absolute atomic E-state index is 11.0. The molecule has 1 N–H and O–H groups in total. The van der Waals surface area contributed by atoms with E-state index in [-0.39, 0.29) is 16.7 Å². The van der Waals surface area contributed by atoms with Gasteiger partial charge >= 0.3 is 0 Å². The summed E-state index contributed by atoms with van der Waals surface area (Å²) in [5.74, 6) is 0.482. The number of hydrogen-bond donors (Lipinski definition) is 1. The SMILES string of the molecule is CCC(C)[C@H](c1cccc([N+](=O)[O-])c1)N1CCNCC1. The third-order valence-electron chi connectivity index (χ3n) is 4.15. The van der Waals surface area contributed by atoms with Gasteiger partial charge in [-0.1, -0.05) is 32.4 Å². The zero-order valence-electron chi connectivity index (χ0n) is 12.2. The summed E-state index contributed by atoms with van der Waals surface area (Å²) < 4.78 is 0. The van der Waals surface area contributed by atoms with Crippen molar-refractivity contribution in [2.24, 2.45) is 5.92 Å². The zero-order chi connectivity index (χ0) is 14.5. The average molecular weight is 277 g/mol. The molecular formula is C15H23N3O2. The lowest BCUT2D eigenvalue weighted by atomic mass is 9.90. The molecule has 1 aromatic carbocycles. The fourth-order valence-electron chi connectivity index (χ4n) is 2.91. The first-order valence-corrected chi connectivity index (χ1v) is 7.32. The number of nitro groups is 1. The van der Waals surface area contributed by atoms with E-state index in [4.69, 9.17) is 0 Å². The van der Waals surface area contributed by atoms with Crippen LogP contribution in [0.5, 0.6) is 0 Å². The Balaban J connectivity index is 2.30. The van der Waals surface area contributed by atoms with Crippen LogP contribution in [-0.4, -0.2) is 36.0 Å². The lowest BCUT2D eigenvalue weighted by Gasteiger charge is -2.38. The van der Waals surface area contributed by atoms with Crippen molar-refractivity contribution < 1.29 is 4.92 Å². The van der Waals surface area contributed by atoms with Gasteiger partial charge in [-0.15, -0.1) is 0 Å². The molecule has 20 heavy (non-hydrogen) atoms. The number of nitrogens with zero attached hydrogens (tertiary/aromatic N) is 2. The van der Waals surface area contributed by atoms with E-state index in [9.17, 15) is 10.1 Å². The summed E-state index contributed by atoms with van der Waals surface area (Å²) in [6.07, 6.45) is 1.07. The number of hydrogen-bond acceptors (Lipinski definition) is 4. The molecule has 0 amide bonds. The monoisotopic (exact) mass is 277 g/mol. The highest BCUT2D eigenvalue weighted by molar-refractivity contribution is 5.36. The Morgan fingerprint density at radius 3 is 2.70 bits per heavy atom. The van der Waals surface area contributed by atoms with Gasteiger partial charge in [0.1, 0.15) is 0 Å². The van der Waals surface area contributed by atoms with Crippen LogP contribution in [0.15, 0.2) is 24.3 Å². The molecule has 0 aliphatic carbocycles. The van der Waals surface area contributed by atoms with E-state index in [1.54, 1.807) is 18.2 Å². The summed E-state index contributed by atoms with van der Waals surface area (Å²) in [7, 11) is 0. The van der Waals surface area contributed by atoms with Crippen LogP contribution < -0.4 is 5.32 Å². The summed E-state index contributed by atoms with van der Waals surface area (Å²) in [6, 6.07) is 7.38. The van der Waals surface area contributed by atoms with E-state index < -0.39 is 0 Å². The summed E-state index contributed by atoms with van der Waals surface area (Å²) in [5, 5.41) is 14.3. The van der Waals surface area contributed by atoms with Gasteiger partial charge in [-0.25, -0.2) is 0 Å². The second-order valence-corrected chi connectivity index (χ2v) is 5.47. The van der Waals surface area contributed by atoms with Gasteiger partial charge in [-0.2, -0.15) is 0 Å². The van der Waals surface area contributed by atoms with Crippen LogP contribution in [0.1, 0.15) is 31.9 Å². The van der Waals surface area contributed by atoms with Gasteiger partial charge in [0.05, 0.1) is 4.92 Å². The topological polar surface area (TPSA) is 58.4 Å². The molecule has 0 radical (unpaired) electrons. The Bertz CT molecular complexity index is 458. The molecule has 0 aromatic heterocycles. The molecule has 0 saturated carbocycles. The van der Waals surface area contributed by atoms with Gasteiger partial charge in [0, 0.05) is 44.4 Å². The Morgan fingerprint density at radius 1 is 1.40 bits per heavy atom. The normalized spacial score (nSPS) is 19.5. The van der Waals surface area contributed by atoms with E-state index in [0.717, 1.165) is 38.2 Å². The first-order valence-electron chi connectivity index (χ1n) is 7.32. The van der Waals surface area contributed by atoms with Crippen molar-refractivity contribution >= 4 is 5.69 Å². The maximum atomic E-state index is 11.0. The third kappa shape index (κ3) is 3.35. The zero-order valence-corrected chi connectivity index (χ0v) is 12.2. The molecule has 1 unspecified atom stereocenters. The number of nitrogens with one attached hydrogen (secondary N) is 1. The molecule has 0 spiro atoms. The number of piperazine rings is 1. The predicted molar refractivity (Wildman–Crippen MR) is 79.7 cm³/mol. The van der Waals surface area contributed by atoms with Crippen molar-refractivity contribution in [3.05, 3.63) is 39.9 Å². The number of rotatable bonds is 5. The average Bonchev–Trinajstić information content (AvgIpc) is 2.48. The van der Waals surface area contributed by atoms with Crippen molar-refractivity contribution in [2.75, 3.05) is 26.2 Å². The standard InChI is InChI=1S/C15H23N3O2/c1-3-12(2)15(17-9-7-16-8-10-17)13-5-4-6-14(11-13)18(19)20/h4-6,11-12,15-16H,3,7-10H2,1-2H3/t12?,15-/m1/s1. The molecule has 5 heteroatoms. The lowest BCUT2D eigenvalue weighted by molar-refractivity contribution is -0.385. The first kappa shape index (κ1) is 14.9. The van der Waals surface area contributed by atoms with Crippen LogP contribution in [-0.2, 0) is 0 Å². The first-order chi connectivity index (χ1) is 9.63. The summed E-state index contributed by atoms with van der Waals surface area (Å²) >= 11 is 0. The summed E-state index contributed by atoms with van der Waals surface area (Å²) in [4.78, 5) is 13.1. The van der Waals surface area contributed by atoms with Crippen LogP contribution >= 0.6 is 0 Å². The molecule has 5 nitrogen and oxygen atoms in total. The molecule has 0 bridgehead atoms. The van der Waals surface area contributed by atoms with Crippen LogP contribution in [0.4, 0.5) is 5.69 Å². The Hall–Kier alpha value is -1.46. The molecule has 1 aliphatic heterocycles. The molecule has 1 saturated heterocycles. The molecule has 1 aromatic rings. The fraction of sp³-hybridized carbons (Fsp3) is 0.600. The second kappa shape index (κ2) is 6.81. The van der Waals surface area contributed by atoms with Crippen molar-refractivity contribution in [1.82, 2.24) is 10.2 Å². The molecule has 1 heterocycles. The van der Waals surface area contributed by atoms with Gasteiger partial charge in [0.25, 0.3) is 5.69 Å². The number of benzene rings is 1.